The number of aromatic nitrogens is 4. The number of nitriles is 1. The standard InChI is InChI=1S/C57H51ClF4N10O8S/c1-5-42(80-55(76)66-40-15-28-14-29-22-72-41(46(29)65-39(28)18-38(40)61)17-35-34(52(72)74)24-78-53(75)57(35,77)6-2)27(4)51(73)69-12-13-71(26(3)21-69)50-32-16-36(58)44(31-8-9-37(60)48-43(31)33(20-63)49(64)81-48)45(62)47(32)67-54(68-50)79-25-56-10-7-11-70(56)23-30(59)19-56/h8-9,14-18,26,30,42,77H,4-7,10-13,19,21-25,64H2,1-3H3,(H,66,76)/t26-,30+,42+,56-,57-/m1/s1. The molecular formula is C57H51ClF4N10O8S. The van der Waals surface area contributed by atoms with Crippen molar-refractivity contribution >= 4 is 89.3 Å². The van der Waals surface area contributed by atoms with Gasteiger partial charge in [-0.1, -0.05) is 38.1 Å². The number of nitrogen functional groups attached to an aromatic ring is 1. The van der Waals surface area contributed by atoms with Gasteiger partial charge in [-0.15, -0.1) is 11.3 Å². The van der Waals surface area contributed by atoms with Gasteiger partial charge in [-0.3, -0.25) is 19.8 Å². The van der Waals surface area contributed by atoms with E-state index in [0.29, 0.717) is 35.3 Å². The van der Waals surface area contributed by atoms with Crippen LogP contribution in [0.1, 0.15) is 75.1 Å². The molecule has 3 aromatic carbocycles. The number of nitrogens with one attached hydrogen (secondary N) is 1. The summed E-state index contributed by atoms with van der Waals surface area (Å²) in [6, 6.07) is 11.0. The number of piperazine rings is 1. The molecule has 0 spiro atoms. The molecule has 0 radical (unpaired) electrons. The fourth-order valence-corrected chi connectivity index (χ4v) is 13.7. The fourth-order valence-electron chi connectivity index (χ4n) is 12.4. The zero-order valence-corrected chi connectivity index (χ0v) is 45.5. The molecular weight excluding hydrogens is 1100 g/mol. The van der Waals surface area contributed by atoms with E-state index in [1.807, 2.05) is 17.9 Å². The molecule has 12 rings (SSSR count). The third-order valence-corrected chi connectivity index (χ3v) is 17.9. The number of cyclic esters (lactones) is 1. The smallest absolute Gasteiger partial charge is 0.412 e. The number of anilines is 3. The number of hydrogen-bond donors (Lipinski definition) is 3. The average molecular weight is 1150 g/mol. The van der Waals surface area contributed by atoms with Crippen LogP contribution in [0.4, 0.5) is 38.9 Å². The van der Waals surface area contributed by atoms with Gasteiger partial charge in [0.1, 0.15) is 59.5 Å². The van der Waals surface area contributed by atoms with Crippen molar-refractivity contribution in [2.24, 2.45) is 0 Å². The Morgan fingerprint density at radius 2 is 1.89 bits per heavy atom. The first-order chi connectivity index (χ1) is 38.8. The quantitative estimate of drug-likeness (QED) is 0.0623. The van der Waals surface area contributed by atoms with Crippen molar-refractivity contribution in [2.75, 3.05) is 55.3 Å². The van der Waals surface area contributed by atoms with Gasteiger partial charge in [0.25, 0.3) is 11.5 Å². The van der Waals surface area contributed by atoms with Crippen molar-refractivity contribution in [3.05, 3.63) is 110 Å². The molecule has 7 aromatic rings. The van der Waals surface area contributed by atoms with Gasteiger partial charge >= 0.3 is 18.1 Å². The molecule has 0 bridgehead atoms. The highest BCUT2D eigenvalue weighted by Crippen LogP contribution is 2.47. The van der Waals surface area contributed by atoms with Crippen LogP contribution in [0.25, 0.3) is 54.4 Å². The van der Waals surface area contributed by atoms with Gasteiger partial charge in [0, 0.05) is 77.6 Å². The Labute approximate surface area is 468 Å². The van der Waals surface area contributed by atoms with E-state index >= 15 is 13.2 Å². The van der Waals surface area contributed by atoms with Crippen LogP contribution in [0.3, 0.4) is 0 Å². The number of aliphatic hydroxyl groups is 1. The number of carbonyl (C=O) groups excluding carboxylic acids is 3. The minimum Gasteiger partial charge on any atom is -0.461 e. The first-order valence-corrected chi connectivity index (χ1v) is 27.6. The molecule has 4 aromatic heterocycles. The highest BCUT2D eigenvalue weighted by molar-refractivity contribution is 7.23. The lowest BCUT2D eigenvalue weighted by Crippen LogP contribution is -2.55. The van der Waals surface area contributed by atoms with E-state index < -0.39 is 70.4 Å². The van der Waals surface area contributed by atoms with Crippen LogP contribution in [0, 0.1) is 28.8 Å². The maximum absolute atomic E-state index is 17.5. The first-order valence-electron chi connectivity index (χ1n) is 26.4. The maximum atomic E-state index is 17.5. The molecule has 0 aliphatic carbocycles. The zero-order valence-electron chi connectivity index (χ0n) is 43.9. The largest absolute Gasteiger partial charge is 0.461 e. The third-order valence-electron chi connectivity index (χ3n) is 16.6. The number of esters is 1. The number of fused-ring (bicyclic) bond motifs is 8. The van der Waals surface area contributed by atoms with Crippen LogP contribution in [-0.4, -0.2) is 116 Å². The molecule has 0 unspecified atom stereocenters. The van der Waals surface area contributed by atoms with Gasteiger partial charge in [0.2, 0.25) is 0 Å². The van der Waals surface area contributed by atoms with Crippen molar-refractivity contribution < 1.29 is 51.3 Å². The molecule has 81 heavy (non-hydrogen) atoms. The van der Waals surface area contributed by atoms with E-state index in [2.05, 4.69) is 26.8 Å². The lowest BCUT2D eigenvalue weighted by molar-refractivity contribution is -0.172. The van der Waals surface area contributed by atoms with E-state index in [1.54, 1.807) is 26.0 Å². The summed E-state index contributed by atoms with van der Waals surface area (Å²) in [5, 5.41) is 24.4. The SMILES string of the molecule is C=C(C(=O)N1CCN(c2nc(OC[C@]34CCCN3C[C@@H](F)C4)nc3c(F)c(-c4ccc(F)c5sc(N)c(C#N)c45)c(Cl)cc23)[C@H](C)C1)[C@H](CC)OC(=O)Nc1cc2cc3c(nc2cc1F)-c1cc2c(c(=O)n1C3)COC(=O)[C@@]2(O)CC. The molecule has 0 saturated carbocycles. The monoisotopic (exact) mass is 1150 g/mol. The summed E-state index contributed by atoms with van der Waals surface area (Å²) in [7, 11) is 0. The van der Waals surface area contributed by atoms with Crippen molar-refractivity contribution in [1.29, 1.82) is 5.26 Å². The highest BCUT2D eigenvalue weighted by atomic mass is 35.5. The van der Waals surface area contributed by atoms with E-state index in [9.17, 15) is 33.9 Å². The number of ether oxygens (including phenoxy) is 3. The van der Waals surface area contributed by atoms with Gasteiger partial charge in [-0.05, 0) is 75.0 Å². The molecule has 3 fully saturated rings. The molecule has 5 aliphatic rings. The van der Waals surface area contributed by atoms with Gasteiger partial charge in [-0.25, -0.2) is 32.1 Å². The Morgan fingerprint density at radius 1 is 1.09 bits per heavy atom. The minimum atomic E-state index is -2.02. The van der Waals surface area contributed by atoms with Crippen molar-refractivity contribution in [1.82, 2.24) is 29.3 Å². The van der Waals surface area contributed by atoms with Crippen molar-refractivity contribution in [3.63, 3.8) is 0 Å². The van der Waals surface area contributed by atoms with Crippen LogP contribution >= 0.6 is 22.9 Å². The molecule has 5 aliphatic heterocycles. The predicted octanol–water partition coefficient (Wildman–Crippen LogP) is 9.00. The number of amides is 2. The molecule has 418 valence electrons. The highest BCUT2D eigenvalue weighted by Gasteiger charge is 2.50. The summed E-state index contributed by atoms with van der Waals surface area (Å²) < 4.78 is 82.0. The van der Waals surface area contributed by atoms with Crippen molar-refractivity contribution in [2.45, 2.75) is 95.5 Å². The van der Waals surface area contributed by atoms with Crippen LogP contribution in [0.15, 0.2) is 59.4 Å². The summed E-state index contributed by atoms with van der Waals surface area (Å²) >= 11 is 7.83. The second kappa shape index (κ2) is 20.0. The van der Waals surface area contributed by atoms with E-state index in [0.717, 1.165) is 29.9 Å². The van der Waals surface area contributed by atoms with E-state index in [1.165, 1.54) is 27.7 Å². The minimum absolute atomic E-state index is 0.0298. The van der Waals surface area contributed by atoms with Gasteiger partial charge < -0.3 is 39.4 Å². The molecule has 18 nitrogen and oxygen atoms in total. The first kappa shape index (κ1) is 53.7. The summed E-state index contributed by atoms with van der Waals surface area (Å²) in [6.07, 6.45) is -1.38. The zero-order chi connectivity index (χ0) is 57.1. The van der Waals surface area contributed by atoms with Gasteiger partial charge in [0.05, 0.1) is 61.1 Å². The number of thiophene rings is 1. The fraction of sp³-hybridized carbons (Fsp3) is 0.368. The summed E-state index contributed by atoms with van der Waals surface area (Å²) in [5.41, 5.74) is 4.30. The number of halogens is 5. The predicted molar refractivity (Wildman–Crippen MR) is 294 cm³/mol. The van der Waals surface area contributed by atoms with Gasteiger partial charge in [0.15, 0.2) is 11.4 Å². The van der Waals surface area contributed by atoms with E-state index in [-0.39, 0.29) is 153 Å². The number of nitrogens with two attached hydrogens (primary N) is 1. The number of benzene rings is 3. The molecule has 5 atom stereocenters. The number of rotatable bonds is 11. The summed E-state index contributed by atoms with van der Waals surface area (Å²) in [5.74, 6) is -3.56. The number of carbonyl (C=O) groups is 3. The molecule has 24 heteroatoms. The maximum Gasteiger partial charge on any atom is 0.412 e. The topological polar surface area (TPSA) is 231 Å². The second-order valence-electron chi connectivity index (χ2n) is 21.3. The number of alkyl halides is 1. The number of hydrogen-bond acceptors (Lipinski definition) is 16. The second-order valence-corrected chi connectivity index (χ2v) is 22.7. The lowest BCUT2D eigenvalue weighted by Gasteiger charge is -2.41. The van der Waals surface area contributed by atoms with Crippen LogP contribution < -0.4 is 26.2 Å². The normalized spacial score (nSPS) is 21.6. The molecule has 9 heterocycles. The Kier molecular flexibility index (Phi) is 13.2. The lowest BCUT2D eigenvalue weighted by atomic mass is 9.86. The Balaban J connectivity index is 0.775. The Hall–Kier alpha value is -7.91. The van der Waals surface area contributed by atoms with Gasteiger partial charge in [-0.2, -0.15) is 15.2 Å². The van der Waals surface area contributed by atoms with Crippen LogP contribution in [-0.2, 0) is 37.8 Å². The molecule has 4 N–H and O–H groups in total. The number of nitrogens with zero attached hydrogens (tertiary/aromatic N) is 8. The average Bonchev–Trinajstić information content (AvgIpc) is 3.56. The summed E-state index contributed by atoms with van der Waals surface area (Å²) in [6.45, 7) is 10.3. The van der Waals surface area contributed by atoms with Crippen molar-refractivity contribution in [3.8, 4) is 34.6 Å². The third kappa shape index (κ3) is 8.67. The summed E-state index contributed by atoms with van der Waals surface area (Å²) in [4.78, 5) is 73.6. The van der Waals surface area contributed by atoms with E-state index in [4.69, 9.17) is 36.5 Å². The van der Waals surface area contributed by atoms with Crippen LogP contribution in [0.2, 0.25) is 5.02 Å². The molecule has 2 amide bonds. The number of pyridine rings is 2. The Bertz CT molecular complexity index is 4020. The Morgan fingerprint density at radius 3 is 2.64 bits per heavy atom. The van der Waals surface area contributed by atoms with Crippen LogP contribution in [0.5, 0.6) is 6.01 Å². The molecule has 3 saturated heterocycles.